The van der Waals surface area contributed by atoms with Crippen molar-refractivity contribution in [2.24, 2.45) is 5.41 Å². The van der Waals surface area contributed by atoms with Crippen molar-refractivity contribution in [2.75, 3.05) is 6.61 Å². The summed E-state index contributed by atoms with van der Waals surface area (Å²) < 4.78 is 5.08. The summed E-state index contributed by atoms with van der Waals surface area (Å²) in [4.78, 5) is 24.2. The van der Waals surface area contributed by atoms with E-state index in [0.29, 0.717) is 6.42 Å². The highest BCUT2D eigenvalue weighted by molar-refractivity contribution is 6.03. The van der Waals surface area contributed by atoms with Crippen LogP contribution in [0, 0.1) is 5.41 Å². The van der Waals surface area contributed by atoms with E-state index in [1.54, 1.807) is 13.0 Å². The number of Topliss-reactive ketones (excluding diaryl/α,β-unsaturated/α-hetero) is 1. The molecule has 1 rings (SSSR count). The Kier molecular flexibility index (Phi) is 6.60. The predicted octanol–water partition coefficient (Wildman–Crippen LogP) is 3.80. The van der Waals surface area contributed by atoms with Gasteiger partial charge in [-0.2, -0.15) is 0 Å². The lowest BCUT2D eigenvalue weighted by atomic mass is 9.77. The Hall–Kier alpha value is -2.16. The lowest BCUT2D eigenvalue weighted by Crippen LogP contribution is -2.38. The van der Waals surface area contributed by atoms with E-state index >= 15 is 0 Å². The Labute approximate surface area is 126 Å². The molecule has 0 fully saturated rings. The maximum atomic E-state index is 12.2. The first-order valence-corrected chi connectivity index (χ1v) is 7.07. The molecule has 112 valence electrons. The summed E-state index contributed by atoms with van der Waals surface area (Å²) in [5.41, 5.74) is -0.138. The number of allylic oxidation sites excluding steroid dienone is 2. The second kappa shape index (κ2) is 8.20. The van der Waals surface area contributed by atoms with Crippen LogP contribution >= 0.6 is 0 Å². The molecule has 0 N–H and O–H groups in total. The molecule has 3 nitrogen and oxygen atoms in total. The van der Waals surface area contributed by atoms with Crippen molar-refractivity contribution in [3.8, 4) is 0 Å². The molecule has 1 aromatic carbocycles. The molecule has 0 amide bonds. The third-order valence-corrected chi connectivity index (χ3v) is 3.41. The topological polar surface area (TPSA) is 43.4 Å². The van der Waals surface area contributed by atoms with Crippen molar-refractivity contribution in [1.82, 2.24) is 0 Å². The minimum atomic E-state index is -1.16. The van der Waals surface area contributed by atoms with Crippen LogP contribution in [0.25, 0.3) is 6.08 Å². The van der Waals surface area contributed by atoms with Gasteiger partial charge in [0.05, 0.1) is 6.61 Å². The SMILES string of the molecule is C=CC[C@](C/C=C/c1ccccc1)(C(C)=O)C(=O)OCC. The van der Waals surface area contributed by atoms with E-state index in [9.17, 15) is 9.59 Å². The van der Waals surface area contributed by atoms with Crippen LogP contribution in [-0.4, -0.2) is 18.4 Å². The van der Waals surface area contributed by atoms with E-state index in [0.717, 1.165) is 5.56 Å². The summed E-state index contributed by atoms with van der Waals surface area (Å²) in [6.45, 7) is 7.07. The molecule has 0 spiro atoms. The van der Waals surface area contributed by atoms with E-state index in [2.05, 4.69) is 6.58 Å². The van der Waals surface area contributed by atoms with Gasteiger partial charge >= 0.3 is 5.97 Å². The minimum Gasteiger partial charge on any atom is -0.465 e. The van der Waals surface area contributed by atoms with Crippen LogP contribution in [0.4, 0.5) is 0 Å². The minimum absolute atomic E-state index is 0.196. The number of hydrogen-bond donors (Lipinski definition) is 0. The first-order valence-electron chi connectivity index (χ1n) is 7.07. The first kappa shape index (κ1) is 16.9. The van der Waals surface area contributed by atoms with Gasteiger partial charge in [-0.3, -0.25) is 9.59 Å². The summed E-state index contributed by atoms with van der Waals surface area (Å²) in [5.74, 6) is -0.673. The molecular formula is C18H22O3. The van der Waals surface area contributed by atoms with Crippen molar-refractivity contribution >= 4 is 17.8 Å². The second-order valence-corrected chi connectivity index (χ2v) is 4.87. The van der Waals surface area contributed by atoms with Gasteiger partial charge in [-0.05, 0) is 32.3 Å². The highest BCUT2D eigenvalue weighted by atomic mass is 16.5. The van der Waals surface area contributed by atoms with Gasteiger partial charge < -0.3 is 4.74 Å². The van der Waals surface area contributed by atoms with Crippen molar-refractivity contribution in [3.63, 3.8) is 0 Å². The van der Waals surface area contributed by atoms with Crippen molar-refractivity contribution in [3.05, 3.63) is 54.6 Å². The first-order chi connectivity index (χ1) is 10.1. The van der Waals surface area contributed by atoms with E-state index in [4.69, 9.17) is 4.74 Å². The molecule has 0 unspecified atom stereocenters. The van der Waals surface area contributed by atoms with E-state index in [-0.39, 0.29) is 18.8 Å². The number of ether oxygens (including phenoxy) is 1. The van der Waals surface area contributed by atoms with Gasteiger partial charge in [0.1, 0.15) is 11.2 Å². The lowest BCUT2D eigenvalue weighted by Gasteiger charge is -2.26. The molecule has 0 aliphatic rings. The van der Waals surface area contributed by atoms with Crippen LogP contribution in [0.5, 0.6) is 0 Å². The smallest absolute Gasteiger partial charge is 0.320 e. The van der Waals surface area contributed by atoms with Crippen LogP contribution in [0.2, 0.25) is 0 Å². The summed E-state index contributed by atoms with van der Waals surface area (Å²) in [7, 11) is 0. The summed E-state index contributed by atoms with van der Waals surface area (Å²) >= 11 is 0. The molecule has 0 saturated heterocycles. The Morgan fingerprint density at radius 2 is 1.90 bits per heavy atom. The fraction of sp³-hybridized carbons (Fsp3) is 0.333. The number of rotatable bonds is 8. The average molecular weight is 286 g/mol. The highest BCUT2D eigenvalue weighted by Gasteiger charge is 2.42. The molecule has 0 aliphatic heterocycles. The molecule has 0 heterocycles. The van der Waals surface area contributed by atoms with Crippen molar-refractivity contribution < 1.29 is 14.3 Å². The Balaban J connectivity index is 2.96. The number of esters is 1. The standard InChI is InChI=1S/C18H22O3/c1-4-13-18(15(3)19,17(20)21-5-2)14-9-12-16-10-7-6-8-11-16/h4,6-12H,1,5,13-14H2,2-3H3/b12-9+/t18-/m0/s1. The molecule has 1 aromatic rings. The zero-order valence-corrected chi connectivity index (χ0v) is 12.7. The zero-order chi connectivity index (χ0) is 15.7. The Morgan fingerprint density at radius 3 is 2.43 bits per heavy atom. The van der Waals surface area contributed by atoms with Gasteiger partial charge in [0.2, 0.25) is 0 Å². The van der Waals surface area contributed by atoms with Gasteiger partial charge in [-0.1, -0.05) is 48.6 Å². The monoisotopic (exact) mass is 286 g/mol. The molecule has 0 saturated carbocycles. The molecule has 0 aliphatic carbocycles. The van der Waals surface area contributed by atoms with E-state index in [1.807, 2.05) is 42.5 Å². The van der Waals surface area contributed by atoms with Gasteiger partial charge in [0, 0.05) is 0 Å². The van der Waals surface area contributed by atoms with Gasteiger partial charge in [0.15, 0.2) is 0 Å². The predicted molar refractivity (Wildman–Crippen MR) is 84.7 cm³/mol. The molecule has 0 bridgehead atoms. The number of carbonyl (C=O) groups excluding carboxylic acids is 2. The number of benzene rings is 1. The van der Waals surface area contributed by atoms with Gasteiger partial charge in [0.25, 0.3) is 0 Å². The van der Waals surface area contributed by atoms with E-state index in [1.165, 1.54) is 6.92 Å². The molecule has 3 heteroatoms. The molecular weight excluding hydrogens is 264 g/mol. The maximum Gasteiger partial charge on any atom is 0.320 e. The average Bonchev–Trinajstić information content (AvgIpc) is 2.47. The van der Waals surface area contributed by atoms with Gasteiger partial charge in [-0.15, -0.1) is 6.58 Å². The van der Waals surface area contributed by atoms with Crippen LogP contribution in [-0.2, 0) is 14.3 Å². The second-order valence-electron chi connectivity index (χ2n) is 4.87. The van der Waals surface area contributed by atoms with E-state index < -0.39 is 11.4 Å². The molecule has 0 radical (unpaired) electrons. The summed E-state index contributed by atoms with van der Waals surface area (Å²) in [6, 6.07) is 9.74. The third kappa shape index (κ3) is 4.42. The molecule has 1 atom stereocenters. The fourth-order valence-corrected chi connectivity index (χ4v) is 2.16. The van der Waals surface area contributed by atoms with Crippen LogP contribution < -0.4 is 0 Å². The van der Waals surface area contributed by atoms with Crippen molar-refractivity contribution in [2.45, 2.75) is 26.7 Å². The molecule has 21 heavy (non-hydrogen) atoms. The number of ketones is 1. The number of hydrogen-bond acceptors (Lipinski definition) is 3. The Bertz CT molecular complexity index is 517. The number of carbonyl (C=O) groups is 2. The lowest BCUT2D eigenvalue weighted by molar-refractivity contribution is -0.159. The normalized spacial score (nSPS) is 13.6. The van der Waals surface area contributed by atoms with Crippen LogP contribution in [0.3, 0.4) is 0 Å². The Morgan fingerprint density at radius 1 is 1.24 bits per heavy atom. The van der Waals surface area contributed by atoms with Crippen LogP contribution in [0.1, 0.15) is 32.3 Å². The zero-order valence-electron chi connectivity index (χ0n) is 12.7. The maximum absolute atomic E-state index is 12.2. The summed E-state index contributed by atoms with van der Waals surface area (Å²) in [6.07, 6.45) is 5.92. The highest BCUT2D eigenvalue weighted by Crippen LogP contribution is 2.31. The van der Waals surface area contributed by atoms with Crippen LogP contribution in [0.15, 0.2) is 49.1 Å². The fourth-order valence-electron chi connectivity index (χ4n) is 2.16. The van der Waals surface area contributed by atoms with Crippen molar-refractivity contribution in [1.29, 1.82) is 0 Å². The van der Waals surface area contributed by atoms with Gasteiger partial charge in [-0.25, -0.2) is 0 Å². The summed E-state index contributed by atoms with van der Waals surface area (Å²) in [5, 5.41) is 0. The quantitative estimate of drug-likeness (QED) is 0.415. The largest absolute Gasteiger partial charge is 0.465 e. The third-order valence-electron chi connectivity index (χ3n) is 3.41. The molecule has 0 aromatic heterocycles.